The normalized spacial score (nSPS) is 10.4. The summed E-state index contributed by atoms with van der Waals surface area (Å²) in [6.45, 7) is 0. The number of aromatic nitrogens is 2. The second kappa shape index (κ2) is 4.27. The van der Waals surface area contributed by atoms with Crippen LogP contribution in [0.5, 0.6) is 0 Å². The van der Waals surface area contributed by atoms with Gasteiger partial charge in [0.2, 0.25) is 0 Å². The van der Waals surface area contributed by atoms with Crippen molar-refractivity contribution in [2.45, 2.75) is 0 Å². The zero-order valence-corrected chi connectivity index (χ0v) is 10.3. The molecular weight excluding hydrogens is 293 g/mol. The maximum atomic E-state index is 10.9. The molecule has 0 bridgehead atoms. The minimum atomic E-state index is -0.538. The molecule has 3 N–H and O–H groups in total. The van der Waals surface area contributed by atoms with Crippen LogP contribution in [0, 0.1) is 0 Å². The van der Waals surface area contributed by atoms with Gasteiger partial charge in [0.15, 0.2) is 0 Å². The van der Waals surface area contributed by atoms with Crippen molar-refractivity contribution < 1.29 is 4.79 Å². The first-order valence-electron chi connectivity index (χ1n) is 4.38. The summed E-state index contributed by atoms with van der Waals surface area (Å²) in [5, 5.41) is 7.19. The standard InChI is InChI=1S/C10H7BrClN3O/c11-7-3-5(12)1-2-6(7)8-4-9(10(13)16)15-14-8/h1-4H,(H2,13,16)(H,14,15). The highest BCUT2D eigenvalue weighted by atomic mass is 79.9. The lowest BCUT2D eigenvalue weighted by Gasteiger charge is -2.00. The average Bonchev–Trinajstić information content (AvgIpc) is 2.66. The van der Waals surface area contributed by atoms with Crippen molar-refractivity contribution in [3.63, 3.8) is 0 Å². The Hall–Kier alpha value is -1.33. The lowest BCUT2D eigenvalue weighted by Crippen LogP contribution is -2.10. The zero-order valence-electron chi connectivity index (χ0n) is 8.00. The van der Waals surface area contributed by atoms with Crippen molar-refractivity contribution in [3.05, 3.63) is 39.5 Å². The summed E-state index contributed by atoms with van der Waals surface area (Å²) in [5.41, 5.74) is 6.88. The first-order chi connectivity index (χ1) is 7.58. The van der Waals surface area contributed by atoms with E-state index in [4.69, 9.17) is 17.3 Å². The molecule has 82 valence electrons. The topological polar surface area (TPSA) is 71.8 Å². The van der Waals surface area contributed by atoms with Crippen LogP contribution in [0.3, 0.4) is 0 Å². The number of nitrogens with two attached hydrogens (primary N) is 1. The fourth-order valence-corrected chi connectivity index (χ4v) is 2.17. The van der Waals surface area contributed by atoms with Crippen molar-refractivity contribution in [1.29, 1.82) is 0 Å². The van der Waals surface area contributed by atoms with Crippen molar-refractivity contribution in [2.24, 2.45) is 5.73 Å². The maximum Gasteiger partial charge on any atom is 0.266 e. The summed E-state index contributed by atoms with van der Waals surface area (Å²) in [4.78, 5) is 10.9. The van der Waals surface area contributed by atoms with Gasteiger partial charge in [-0.05, 0) is 18.2 Å². The summed E-state index contributed by atoms with van der Waals surface area (Å²) in [6, 6.07) is 6.92. The number of rotatable bonds is 2. The third-order valence-corrected chi connectivity index (χ3v) is 2.94. The second-order valence-corrected chi connectivity index (χ2v) is 4.45. The number of H-pyrrole nitrogens is 1. The molecule has 0 saturated heterocycles. The molecule has 0 aliphatic heterocycles. The van der Waals surface area contributed by atoms with Crippen molar-refractivity contribution >= 4 is 33.4 Å². The van der Waals surface area contributed by atoms with E-state index >= 15 is 0 Å². The van der Waals surface area contributed by atoms with Gasteiger partial charge in [-0.3, -0.25) is 9.89 Å². The van der Waals surface area contributed by atoms with Gasteiger partial charge < -0.3 is 5.73 Å². The first-order valence-corrected chi connectivity index (χ1v) is 5.55. The van der Waals surface area contributed by atoms with Crippen LogP contribution in [0.15, 0.2) is 28.7 Å². The Balaban J connectivity index is 2.46. The third-order valence-electron chi connectivity index (χ3n) is 2.05. The second-order valence-electron chi connectivity index (χ2n) is 3.16. The van der Waals surface area contributed by atoms with E-state index < -0.39 is 5.91 Å². The molecule has 6 heteroatoms. The van der Waals surface area contributed by atoms with Crippen LogP contribution in [-0.2, 0) is 0 Å². The summed E-state index contributed by atoms with van der Waals surface area (Å²) in [5.74, 6) is -0.538. The number of nitrogens with zero attached hydrogens (tertiary/aromatic N) is 1. The van der Waals surface area contributed by atoms with E-state index in [1.54, 1.807) is 18.2 Å². The molecule has 1 aromatic carbocycles. The quantitative estimate of drug-likeness (QED) is 0.895. The number of hydrogen-bond acceptors (Lipinski definition) is 2. The largest absolute Gasteiger partial charge is 0.364 e. The van der Waals surface area contributed by atoms with Gasteiger partial charge in [0, 0.05) is 15.1 Å². The fraction of sp³-hybridized carbons (Fsp3) is 0. The van der Waals surface area contributed by atoms with Gasteiger partial charge >= 0.3 is 0 Å². The van der Waals surface area contributed by atoms with Crippen molar-refractivity contribution in [3.8, 4) is 11.3 Å². The van der Waals surface area contributed by atoms with Crippen LogP contribution in [0.4, 0.5) is 0 Å². The van der Waals surface area contributed by atoms with Gasteiger partial charge in [-0.25, -0.2) is 0 Å². The molecule has 0 radical (unpaired) electrons. The Bertz CT molecular complexity index is 553. The van der Waals surface area contributed by atoms with Crippen molar-refractivity contribution in [1.82, 2.24) is 10.2 Å². The molecule has 0 atom stereocenters. The van der Waals surface area contributed by atoms with Crippen LogP contribution >= 0.6 is 27.5 Å². The lowest BCUT2D eigenvalue weighted by molar-refractivity contribution is 0.0995. The predicted molar refractivity (Wildman–Crippen MR) is 65.3 cm³/mol. The van der Waals surface area contributed by atoms with Crippen LogP contribution in [-0.4, -0.2) is 16.1 Å². The van der Waals surface area contributed by atoms with Gasteiger partial charge in [-0.15, -0.1) is 0 Å². The number of aromatic amines is 1. The molecule has 0 unspecified atom stereocenters. The van der Waals surface area contributed by atoms with E-state index in [2.05, 4.69) is 26.1 Å². The molecule has 1 aromatic heterocycles. The monoisotopic (exact) mass is 299 g/mol. The number of carbonyl (C=O) groups is 1. The molecule has 1 amide bonds. The predicted octanol–water partition coefficient (Wildman–Crippen LogP) is 2.59. The molecule has 2 rings (SSSR count). The molecule has 0 aliphatic carbocycles. The highest BCUT2D eigenvalue weighted by molar-refractivity contribution is 9.10. The van der Waals surface area contributed by atoms with Crippen LogP contribution in [0.1, 0.15) is 10.5 Å². The Morgan fingerprint density at radius 2 is 2.19 bits per heavy atom. The van der Waals surface area contributed by atoms with E-state index in [-0.39, 0.29) is 5.69 Å². The molecule has 2 aromatic rings. The van der Waals surface area contributed by atoms with Gasteiger partial charge in [0.1, 0.15) is 5.69 Å². The zero-order chi connectivity index (χ0) is 11.7. The smallest absolute Gasteiger partial charge is 0.266 e. The molecule has 0 saturated carbocycles. The lowest BCUT2D eigenvalue weighted by atomic mass is 10.1. The maximum absolute atomic E-state index is 10.9. The van der Waals surface area contributed by atoms with Crippen molar-refractivity contribution in [2.75, 3.05) is 0 Å². The molecular formula is C10H7BrClN3O. The number of halogens is 2. The molecule has 1 heterocycles. The molecule has 0 aliphatic rings. The van der Waals surface area contributed by atoms with E-state index in [0.717, 1.165) is 10.0 Å². The SMILES string of the molecule is NC(=O)c1cc(-c2ccc(Cl)cc2Br)n[nH]1. The van der Waals surface area contributed by atoms with E-state index in [0.29, 0.717) is 10.7 Å². The highest BCUT2D eigenvalue weighted by Crippen LogP contribution is 2.29. The number of amides is 1. The van der Waals surface area contributed by atoms with Gasteiger partial charge in [-0.2, -0.15) is 5.10 Å². The number of hydrogen-bond donors (Lipinski definition) is 2. The Morgan fingerprint density at radius 3 is 2.75 bits per heavy atom. The minimum Gasteiger partial charge on any atom is -0.364 e. The number of carbonyl (C=O) groups excluding carboxylic acids is 1. The minimum absolute atomic E-state index is 0.275. The molecule has 0 spiro atoms. The van der Waals surface area contributed by atoms with Crippen LogP contribution < -0.4 is 5.73 Å². The highest BCUT2D eigenvalue weighted by Gasteiger charge is 2.10. The number of nitrogens with one attached hydrogen (secondary N) is 1. The Kier molecular flexibility index (Phi) is 2.98. The average molecular weight is 301 g/mol. The van der Waals surface area contributed by atoms with Gasteiger partial charge in [0.25, 0.3) is 5.91 Å². The number of primary amides is 1. The van der Waals surface area contributed by atoms with Crippen LogP contribution in [0.2, 0.25) is 5.02 Å². The number of benzene rings is 1. The first kappa shape index (κ1) is 11.2. The Labute approximate surface area is 105 Å². The summed E-state index contributed by atoms with van der Waals surface area (Å²) < 4.78 is 0.808. The summed E-state index contributed by atoms with van der Waals surface area (Å²) in [7, 11) is 0. The molecule has 0 fully saturated rings. The molecule has 16 heavy (non-hydrogen) atoms. The van der Waals surface area contributed by atoms with E-state index in [9.17, 15) is 4.79 Å². The van der Waals surface area contributed by atoms with E-state index in [1.807, 2.05) is 6.07 Å². The molecule has 4 nitrogen and oxygen atoms in total. The third kappa shape index (κ3) is 2.10. The van der Waals surface area contributed by atoms with Gasteiger partial charge in [-0.1, -0.05) is 33.6 Å². The Morgan fingerprint density at radius 1 is 1.44 bits per heavy atom. The summed E-state index contributed by atoms with van der Waals surface area (Å²) >= 11 is 9.20. The van der Waals surface area contributed by atoms with Gasteiger partial charge in [0.05, 0.1) is 5.69 Å². The van der Waals surface area contributed by atoms with Crippen LogP contribution in [0.25, 0.3) is 11.3 Å². The fourth-order valence-electron chi connectivity index (χ4n) is 1.28. The van der Waals surface area contributed by atoms with E-state index in [1.165, 1.54) is 0 Å². The summed E-state index contributed by atoms with van der Waals surface area (Å²) in [6.07, 6.45) is 0.